The number of benzene rings is 1. The van der Waals surface area contributed by atoms with Crippen LogP contribution in [0.5, 0.6) is 0 Å². The second kappa shape index (κ2) is 6.05. The standard InChI is InChI=1S/C15H21N3O2/c1-15(2,3)9-12(10-19)16-14-17-13(20-18-14)11-7-5-4-6-8-11/h4-8,12,19H,9-10H2,1-3H3,(H,16,18). The highest BCUT2D eigenvalue weighted by Gasteiger charge is 2.20. The first kappa shape index (κ1) is 14.5. The molecule has 0 aliphatic heterocycles. The van der Waals surface area contributed by atoms with Crippen LogP contribution in [0.25, 0.3) is 11.5 Å². The van der Waals surface area contributed by atoms with Gasteiger partial charge in [-0.3, -0.25) is 0 Å². The van der Waals surface area contributed by atoms with Crippen LogP contribution in [0.15, 0.2) is 34.9 Å². The van der Waals surface area contributed by atoms with Crippen molar-refractivity contribution in [2.45, 2.75) is 33.2 Å². The lowest BCUT2D eigenvalue weighted by Gasteiger charge is -2.24. The lowest BCUT2D eigenvalue weighted by molar-refractivity contribution is 0.233. The highest BCUT2D eigenvalue weighted by atomic mass is 16.5. The van der Waals surface area contributed by atoms with Crippen molar-refractivity contribution in [2.75, 3.05) is 11.9 Å². The molecule has 0 spiro atoms. The van der Waals surface area contributed by atoms with Gasteiger partial charge in [-0.2, -0.15) is 4.98 Å². The second-order valence-corrected chi connectivity index (χ2v) is 6.08. The van der Waals surface area contributed by atoms with Crippen molar-refractivity contribution in [2.24, 2.45) is 5.41 Å². The van der Waals surface area contributed by atoms with Crippen molar-refractivity contribution in [1.82, 2.24) is 10.1 Å². The molecule has 2 N–H and O–H groups in total. The summed E-state index contributed by atoms with van der Waals surface area (Å²) in [6.07, 6.45) is 0.818. The fraction of sp³-hybridized carbons (Fsp3) is 0.467. The van der Waals surface area contributed by atoms with Crippen LogP contribution in [0.4, 0.5) is 5.95 Å². The van der Waals surface area contributed by atoms with Crippen molar-refractivity contribution < 1.29 is 9.63 Å². The minimum atomic E-state index is -0.0868. The highest BCUT2D eigenvalue weighted by Crippen LogP contribution is 2.23. The first-order valence-corrected chi connectivity index (χ1v) is 6.74. The lowest BCUT2D eigenvalue weighted by atomic mass is 9.88. The van der Waals surface area contributed by atoms with Crippen LogP contribution in [0, 0.1) is 5.41 Å². The van der Waals surface area contributed by atoms with E-state index in [0.29, 0.717) is 11.8 Å². The third-order valence-corrected chi connectivity index (χ3v) is 2.86. The normalized spacial score (nSPS) is 13.2. The molecule has 1 unspecified atom stereocenters. The van der Waals surface area contributed by atoms with E-state index in [4.69, 9.17) is 4.52 Å². The Morgan fingerprint density at radius 3 is 2.55 bits per heavy atom. The molecule has 20 heavy (non-hydrogen) atoms. The Hall–Kier alpha value is -1.88. The molecule has 0 fully saturated rings. The molecule has 108 valence electrons. The highest BCUT2D eigenvalue weighted by molar-refractivity contribution is 5.53. The molecule has 0 saturated heterocycles. The Kier molecular flexibility index (Phi) is 4.39. The van der Waals surface area contributed by atoms with Crippen LogP contribution < -0.4 is 5.32 Å². The second-order valence-electron chi connectivity index (χ2n) is 6.08. The summed E-state index contributed by atoms with van der Waals surface area (Å²) in [5, 5.41) is 16.4. The molecule has 0 radical (unpaired) electrons. The van der Waals surface area contributed by atoms with E-state index in [1.807, 2.05) is 30.3 Å². The van der Waals surface area contributed by atoms with E-state index < -0.39 is 0 Å². The maximum Gasteiger partial charge on any atom is 0.264 e. The predicted octanol–water partition coefficient (Wildman–Crippen LogP) is 2.95. The topological polar surface area (TPSA) is 71.2 Å². The van der Waals surface area contributed by atoms with Gasteiger partial charge in [0.25, 0.3) is 11.8 Å². The molecule has 1 aromatic heterocycles. The number of rotatable bonds is 5. The van der Waals surface area contributed by atoms with Gasteiger partial charge >= 0.3 is 0 Å². The fourth-order valence-corrected chi connectivity index (χ4v) is 2.06. The Morgan fingerprint density at radius 1 is 1.25 bits per heavy atom. The molecule has 1 aromatic carbocycles. The number of nitrogens with zero attached hydrogens (tertiary/aromatic N) is 2. The monoisotopic (exact) mass is 275 g/mol. The summed E-state index contributed by atoms with van der Waals surface area (Å²) in [5.74, 6) is 0.882. The van der Waals surface area contributed by atoms with Crippen molar-refractivity contribution >= 4 is 5.95 Å². The summed E-state index contributed by atoms with van der Waals surface area (Å²) in [7, 11) is 0. The van der Waals surface area contributed by atoms with Crippen LogP contribution in [0.3, 0.4) is 0 Å². The van der Waals surface area contributed by atoms with Crippen LogP contribution in [-0.4, -0.2) is 27.9 Å². The number of aliphatic hydroxyl groups is 1. The van der Waals surface area contributed by atoms with E-state index in [-0.39, 0.29) is 18.1 Å². The molecular weight excluding hydrogens is 254 g/mol. The Morgan fingerprint density at radius 2 is 1.95 bits per heavy atom. The predicted molar refractivity (Wildman–Crippen MR) is 78.3 cm³/mol. The zero-order chi connectivity index (χ0) is 14.6. The lowest BCUT2D eigenvalue weighted by Crippen LogP contribution is -2.29. The quantitative estimate of drug-likeness (QED) is 0.877. The summed E-state index contributed by atoms with van der Waals surface area (Å²) >= 11 is 0. The first-order valence-electron chi connectivity index (χ1n) is 6.74. The molecule has 0 aliphatic carbocycles. The number of hydrogen-bond acceptors (Lipinski definition) is 5. The summed E-state index contributed by atoms with van der Waals surface area (Å²) in [5.41, 5.74) is 0.997. The smallest absolute Gasteiger partial charge is 0.264 e. The summed E-state index contributed by atoms with van der Waals surface area (Å²) in [4.78, 5) is 4.30. The third-order valence-electron chi connectivity index (χ3n) is 2.86. The van der Waals surface area contributed by atoms with Crippen LogP contribution in [0.1, 0.15) is 27.2 Å². The zero-order valence-electron chi connectivity index (χ0n) is 12.1. The van der Waals surface area contributed by atoms with Gasteiger partial charge in [0.15, 0.2) is 0 Å². The van der Waals surface area contributed by atoms with Gasteiger partial charge in [-0.05, 0) is 29.1 Å². The minimum Gasteiger partial charge on any atom is -0.394 e. The van der Waals surface area contributed by atoms with E-state index in [9.17, 15) is 5.11 Å². The summed E-state index contributed by atoms with van der Waals surface area (Å²) in [6.45, 7) is 6.42. The van der Waals surface area contributed by atoms with E-state index in [1.165, 1.54) is 0 Å². The Bertz CT molecular complexity index is 532. The fourth-order valence-electron chi connectivity index (χ4n) is 2.06. The molecule has 5 nitrogen and oxygen atoms in total. The molecule has 0 bridgehead atoms. The Balaban J connectivity index is 2.05. The molecular formula is C15H21N3O2. The largest absolute Gasteiger partial charge is 0.394 e. The maximum absolute atomic E-state index is 9.43. The van der Waals surface area contributed by atoms with Gasteiger partial charge in [0.05, 0.1) is 12.6 Å². The number of aliphatic hydroxyl groups excluding tert-OH is 1. The molecule has 1 heterocycles. The number of aromatic nitrogens is 2. The average molecular weight is 275 g/mol. The van der Waals surface area contributed by atoms with Crippen LogP contribution >= 0.6 is 0 Å². The van der Waals surface area contributed by atoms with Gasteiger partial charge in [-0.25, -0.2) is 0 Å². The number of hydrogen-bond donors (Lipinski definition) is 2. The molecule has 0 aliphatic rings. The Labute approximate surface area is 119 Å². The minimum absolute atomic E-state index is 0.0342. The number of anilines is 1. The van der Waals surface area contributed by atoms with E-state index in [2.05, 4.69) is 36.2 Å². The summed E-state index contributed by atoms with van der Waals surface area (Å²) in [6, 6.07) is 9.51. The summed E-state index contributed by atoms with van der Waals surface area (Å²) < 4.78 is 5.22. The van der Waals surface area contributed by atoms with Crippen LogP contribution in [-0.2, 0) is 0 Å². The van der Waals surface area contributed by atoms with E-state index in [1.54, 1.807) is 0 Å². The van der Waals surface area contributed by atoms with Gasteiger partial charge in [0.1, 0.15) is 0 Å². The molecule has 2 rings (SSSR count). The average Bonchev–Trinajstić information content (AvgIpc) is 2.86. The van der Waals surface area contributed by atoms with E-state index in [0.717, 1.165) is 12.0 Å². The van der Waals surface area contributed by atoms with Crippen LogP contribution in [0.2, 0.25) is 0 Å². The molecule has 5 heteroatoms. The molecule has 0 amide bonds. The molecule has 0 saturated carbocycles. The molecule has 1 atom stereocenters. The zero-order valence-corrected chi connectivity index (χ0v) is 12.1. The van der Waals surface area contributed by atoms with E-state index >= 15 is 0 Å². The van der Waals surface area contributed by atoms with Gasteiger partial charge in [0.2, 0.25) is 0 Å². The van der Waals surface area contributed by atoms with Gasteiger partial charge in [-0.15, -0.1) is 0 Å². The van der Waals surface area contributed by atoms with Gasteiger partial charge in [0, 0.05) is 5.56 Å². The van der Waals surface area contributed by atoms with Crippen molar-refractivity contribution in [3.05, 3.63) is 30.3 Å². The van der Waals surface area contributed by atoms with Gasteiger partial charge < -0.3 is 14.9 Å². The van der Waals surface area contributed by atoms with Crippen molar-refractivity contribution in [3.63, 3.8) is 0 Å². The third kappa shape index (κ3) is 4.06. The maximum atomic E-state index is 9.43. The van der Waals surface area contributed by atoms with Gasteiger partial charge in [-0.1, -0.05) is 39.0 Å². The van der Waals surface area contributed by atoms with Crippen molar-refractivity contribution in [3.8, 4) is 11.5 Å². The SMILES string of the molecule is CC(C)(C)CC(CO)Nc1noc(-c2ccccc2)n1. The van der Waals surface area contributed by atoms with Crippen molar-refractivity contribution in [1.29, 1.82) is 0 Å². The first-order chi connectivity index (χ1) is 9.48. The number of nitrogens with one attached hydrogen (secondary N) is 1. The molecule has 2 aromatic rings.